The Bertz CT molecular complexity index is 259. The van der Waals surface area contributed by atoms with Gasteiger partial charge in [0.05, 0.1) is 19.8 Å². The zero-order valence-electron chi connectivity index (χ0n) is 11.3. The van der Waals surface area contributed by atoms with E-state index >= 15 is 0 Å². The minimum atomic E-state index is -1.05. The summed E-state index contributed by atoms with van der Waals surface area (Å²) >= 11 is 0. The minimum absolute atomic E-state index is 0.0598. The summed E-state index contributed by atoms with van der Waals surface area (Å²) in [6, 6.07) is -0.851. The maximum absolute atomic E-state index is 10.8. The van der Waals surface area contributed by atoms with E-state index in [-0.39, 0.29) is 12.8 Å². The normalized spacial score (nSPS) is 12.3. The fraction of sp³-hybridized carbons (Fsp3) is 0.833. The Balaban J connectivity index is 3.53. The van der Waals surface area contributed by atoms with E-state index in [1.165, 1.54) is 0 Å². The number of nitrogens with one attached hydrogen (secondary N) is 1. The van der Waals surface area contributed by atoms with Crippen molar-refractivity contribution in [2.24, 2.45) is 0 Å². The average molecular weight is 277 g/mol. The first-order chi connectivity index (χ1) is 9.07. The molecule has 1 unspecified atom stereocenters. The fourth-order valence-electron chi connectivity index (χ4n) is 1.35. The quantitative estimate of drug-likeness (QED) is 0.417. The van der Waals surface area contributed by atoms with Crippen LogP contribution in [0.3, 0.4) is 0 Å². The molecule has 0 heterocycles. The van der Waals surface area contributed by atoms with Crippen LogP contribution in [-0.4, -0.2) is 61.2 Å². The van der Waals surface area contributed by atoms with E-state index in [9.17, 15) is 9.59 Å². The van der Waals surface area contributed by atoms with Crippen LogP contribution in [0.25, 0.3) is 0 Å². The number of carboxylic acid groups (broad SMARTS) is 2. The van der Waals surface area contributed by atoms with E-state index in [4.69, 9.17) is 19.7 Å². The van der Waals surface area contributed by atoms with Crippen LogP contribution in [0.2, 0.25) is 0 Å². The Hall–Kier alpha value is -1.18. The van der Waals surface area contributed by atoms with E-state index < -0.39 is 18.0 Å². The highest BCUT2D eigenvalue weighted by molar-refractivity contribution is 5.75. The van der Waals surface area contributed by atoms with Crippen LogP contribution in [0, 0.1) is 0 Å². The first-order valence-corrected chi connectivity index (χ1v) is 6.41. The van der Waals surface area contributed by atoms with E-state index in [0.717, 1.165) is 6.42 Å². The highest BCUT2D eigenvalue weighted by Gasteiger charge is 2.17. The topological polar surface area (TPSA) is 105 Å². The lowest BCUT2D eigenvalue weighted by atomic mass is 10.1. The van der Waals surface area contributed by atoms with Crippen molar-refractivity contribution in [1.29, 1.82) is 0 Å². The predicted molar refractivity (Wildman–Crippen MR) is 68.2 cm³/mol. The maximum Gasteiger partial charge on any atom is 0.320 e. The molecule has 0 aromatic rings. The van der Waals surface area contributed by atoms with Crippen LogP contribution in [0.5, 0.6) is 0 Å². The number of hydrogen-bond acceptors (Lipinski definition) is 5. The van der Waals surface area contributed by atoms with Crippen LogP contribution >= 0.6 is 0 Å². The van der Waals surface area contributed by atoms with Crippen LogP contribution in [0.1, 0.15) is 26.2 Å². The van der Waals surface area contributed by atoms with E-state index in [1.807, 2.05) is 6.92 Å². The molecule has 0 fully saturated rings. The van der Waals surface area contributed by atoms with Gasteiger partial charge in [-0.1, -0.05) is 6.92 Å². The monoisotopic (exact) mass is 277 g/mol. The summed E-state index contributed by atoms with van der Waals surface area (Å²) in [4.78, 5) is 21.2. The Kier molecular flexibility index (Phi) is 11.1. The fourth-order valence-corrected chi connectivity index (χ4v) is 1.35. The molecule has 19 heavy (non-hydrogen) atoms. The Morgan fingerprint density at radius 1 is 1.11 bits per heavy atom. The SMILES string of the molecule is CCCOCCOCCNC(CCC(=O)O)C(=O)O. The van der Waals surface area contributed by atoms with E-state index in [0.29, 0.717) is 33.0 Å². The van der Waals surface area contributed by atoms with Crippen LogP contribution in [0.4, 0.5) is 0 Å². The van der Waals surface area contributed by atoms with Gasteiger partial charge in [-0.25, -0.2) is 0 Å². The molecule has 1 atom stereocenters. The van der Waals surface area contributed by atoms with Gasteiger partial charge in [-0.05, 0) is 12.8 Å². The second kappa shape index (κ2) is 11.9. The van der Waals surface area contributed by atoms with Crippen molar-refractivity contribution in [1.82, 2.24) is 5.32 Å². The van der Waals surface area contributed by atoms with Crippen molar-refractivity contribution in [3.8, 4) is 0 Å². The molecule has 0 radical (unpaired) electrons. The lowest BCUT2D eigenvalue weighted by Crippen LogP contribution is -2.39. The van der Waals surface area contributed by atoms with Gasteiger partial charge >= 0.3 is 11.9 Å². The standard InChI is InChI=1S/C12H23NO6/c1-2-6-18-8-9-19-7-5-13-10(12(16)17)3-4-11(14)15/h10,13H,2-9H2,1H3,(H,14,15)(H,16,17). The summed E-state index contributed by atoms with van der Waals surface area (Å²) in [7, 11) is 0. The molecule has 0 spiro atoms. The number of carbonyl (C=O) groups is 2. The maximum atomic E-state index is 10.8. The molecule has 0 rings (SSSR count). The first-order valence-electron chi connectivity index (χ1n) is 6.41. The molecule has 0 saturated heterocycles. The molecule has 112 valence electrons. The highest BCUT2D eigenvalue weighted by atomic mass is 16.5. The largest absolute Gasteiger partial charge is 0.481 e. The summed E-state index contributed by atoms with van der Waals surface area (Å²) < 4.78 is 10.4. The lowest BCUT2D eigenvalue weighted by molar-refractivity contribution is -0.140. The Morgan fingerprint density at radius 2 is 1.74 bits per heavy atom. The molecular formula is C12H23NO6. The van der Waals surface area contributed by atoms with Crippen molar-refractivity contribution in [3.63, 3.8) is 0 Å². The molecule has 0 aromatic carbocycles. The Labute approximate surface area is 112 Å². The van der Waals surface area contributed by atoms with Crippen LogP contribution < -0.4 is 5.32 Å². The van der Waals surface area contributed by atoms with Gasteiger partial charge in [0.1, 0.15) is 6.04 Å². The number of ether oxygens (including phenoxy) is 2. The van der Waals surface area contributed by atoms with Gasteiger partial charge in [0.25, 0.3) is 0 Å². The molecule has 0 aliphatic rings. The summed E-state index contributed by atoms with van der Waals surface area (Å²) in [5.74, 6) is -2.05. The molecule has 0 aliphatic heterocycles. The van der Waals surface area contributed by atoms with Gasteiger partial charge in [-0.2, -0.15) is 0 Å². The van der Waals surface area contributed by atoms with Crippen molar-refractivity contribution >= 4 is 11.9 Å². The third-order valence-corrected chi connectivity index (χ3v) is 2.30. The number of carboxylic acids is 2. The van der Waals surface area contributed by atoms with Gasteiger partial charge in [-0.3, -0.25) is 9.59 Å². The van der Waals surface area contributed by atoms with E-state index in [2.05, 4.69) is 5.32 Å². The van der Waals surface area contributed by atoms with Gasteiger partial charge in [-0.15, -0.1) is 0 Å². The Morgan fingerprint density at radius 3 is 2.26 bits per heavy atom. The summed E-state index contributed by atoms with van der Waals surface area (Å²) in [5.41, 5.74) is 0. The third-order valence-electron chi connectivity index (χ3n) is 2.30. The van der Waals surface area contributed by atoms with Gasteiger partial charge < -0.3 is 25.0 Å². The summed E-state index contributed by atoms with van der Waals surface area (Å²) in [6.45, 7) is 4.45. The first kappa shape index (κ1) is 17.8. The van der Waals surface area contributed by atoms with Crippen molar-refractivity contribution < 1.29 is 29.3 Å². The van der Waals surface area contributed by atoms with Crippen molar-refractivity contribution in [2.75, 3.05) is 33.0 Å². The smallest absolute Gasteiger partial charge is 0.320 e. The average Bonchev–Trinajstić information content (AvgIpc) is 2.35. The molecule has 3 N–H and O–H groups in total. The molecule has 0 saturated carbocycles. The molecular weight excluding hydrogens is 254 g/mol. The second-order valence-electron chi connectivity index (χ2n) is 4.00. The molecule has 7 heteroatoms. The predicted octanol–water partition coefficient (Wildman–Crippen LogP) is 0.337. The van der Waals surface area contributed by atoms with Crippen molar-refractivity contribution in [3.05, 3.63) is 0 Å². The number of aliphatic carboxylic acids is 2. The van der Waals surface area contributed by atoms with Crippen LogP contribution in [-0.2, 0) is 19.1 Å². The highest BCUT2D eigenvalue weighted by Crippen LogP contribution is 1.97. The van der Waals surface area contributed by atoms with Crippen LogP contribution in [0.15, 0.2) is 0 Å². The molecule has 0 bridgehead atoms. The lowest BCUT2D eigenvalue weighted by Gasteiger charge is -2.13. The molecule has 0 aromatic heterocycles. The molecule has 7 nitrogen and oxygen atoms in total. The van der Waals surface area contributed by atoms with Gasteiger partial charge in [0.15, 0.2) is 0 Å². The number of rotatable bonds is 13. The minimum Gasteiger partial charge on any atom is -0.481 e. The number of hydrogen-bond donors (Lipinski definition) is 3. The van der Waals surface area contributed by atoms with Gasteiger partial charge in [0.2, 0.25) is 0 Å². The second-order valence-corrected chi connectivity index (χ2v) is 4.00. The zero-order chi connectivity index (χ0) is 14.5. The van der Waals surface area contributed by atoms with Crippen molar-refractivity contribution in [2.45, 2.75) is 32.2 Å². The van der Waals surface area contributed by atoms with E-state index in [1.54, 1.807) is 0 Å². The third kappa shape index (κ3) is 11.6. The molecule has 0 amide bonds. The zero-order valence-corrected chi connectivity index (χ0v) is 11.3. The van der Waals surface area contributed by atoms with Gasteiger partial charge in [0, 0.05) is 19.6 Å². The summed E-state index contributed by atoms with van der Waals surface area (Å²) in [5, 5.41) is 20.1. The summed E-state index contributed by atoms with van der Waals surface area (Å²) in [6.07, 6.45) is 0.853. The molecule has 0 aliphatic carbocycles.